The minimum atomic E-state index is 0.855. The Bertz CT molecular complexity index is 200. The molecule has 108 valence electrons. The molecule has 0 heterocycles. The fourth-order valence-electron chi connectivity index (χ4n) is 3.70. The fraction of sp³-hybridized carbons (Fsp3) is 1.00. The Morgan fingerprint density at radius 3 is 1.94 bits per heavy atom. The van der Waals surface area contributed by atoms with E-state index < -0.39 is 0 Å². The van der Waals surface area contributed by atoms with E-state index in [4.69, 9.17) is 0 Å². The largest absolute Gasteiger partial charge is 0.155 e. The van der Waals surface area contributed by atoms with Gasteiger partial charge < -0.3 is 0 Å². The van der Waals surface area contributed by atoms with Crippen LogP contribution in [0.15, 0.2) is 0 Å². The highest BCUT2D eigenvalue weighted by Crippen LogP contribution is 2.39. The third-order valence-electron chi connectivity index (χ3n) is 4.66. The van der Waals surface area contributed by atoms with Crippen LogP contribution in [0.1, 0.15) is 79.6 Å². The lowest BCUT2D eigenvalue weighted by Crippen LogP contribution is -2.23. The van der Waals surface area contributed by atoms with Crippen molar-refractivity contribution in [3.05, 3.63) is 0 Å². The van der Waals surface area contributed by atoms with Crippen LogP contribution in [0.3, 0.4) is 0 Å². The van der Waals surface area contributed by atoms with Crippen LogP contribution in [-0.2, 0) is 0 Å². The van der Waals surface area contributed by atoms with Crippen molar-refractivity contribution in [2.75, 3.05) is 0 Å². The third kappa shape index (κ3) is 5.55. The molecule has 1 aliphatic carbocycles. The molecule has 0 aromatic carbocycles. The van der Waals surface area contributed by atoms with Crippen molar-refractivity contribution in [1.29, 1.82) is 0 Å². The Hall–Kier alpha value is 0.350. The second-order valence-electron chi connectivity index (χ2n) is 6.69. The standard InChI is InChI=1S/C17H34S/c1-6-15(7-2)16-8-10-17(11-9-16)18-14(5)12-13(3)4/h13-17H,6-12H2,1-5H3. The molecule has 0 N–H and O–H groups in total. The zero-order chi connectivity index (χ0) is 13.5. The van der Waals surface area contributed by atoms with E-state index in [-0.39, 0.29) is 0 Å². The van der Waals surface area contributed by atoms with Gasteiger partial charge in [0.25, 0.3) is 0 Å². The molecule has 0 aliphatic heterocycles. The summed E-state index contributed by atoms with van der Waals surface area (Å²) >= 11 is 2.28. The summed E-state index contributed by atoms with van der Waals surface area (Å²) in [4.78, 5) is 0. The van der Waals surface area contributed by atoms with Crippen molar-refractivity contribution < 1.29 is 0 Å². The summed E-state index contributed by atoms with van der Waals surface area (Å²) in [6.45, 7) is 11.9. The summed E-state index contributed by atoms with van der Waals surface area (Å²) in [5.41, 5.74) is 0. The first-order valence-corrected chi connectivity index (χ1v) is 9.16. The molecule has 1 aliphatic rings. The molecule has 0 aromatic rings. The quantitative estimate of drug-likeness (QED) is 0.534. The lowest BCUT2D eigenvalue weighted by atomic mass is 9.77. The van der Waals surface area contributed by atoms with E-state index in [2.05, 4.69) is 46.4 Å². The number of hydrogen-bond donors (Lipinski definition) is 0. The lowest BCUT2D eigenvalue weighted by molar-refractivity contribution is 0.239. The summed E-state index contributed by atoms with van der Waals surface area (Å²) in [5, 5.41) is 1.82. The van der Waals surface area contributed by atoms with E-state index >= 15 is 0 Å². The monoisotopic (exact) mass is 270 g/mol. The molecule has 1 rings (SSSR count). The average Bonchev–Trinajstić information content (AvgIpc) is 2.31. The van der Waals surface area contributed by atoms with E-state index in [0.29, 0.717) is 0 Å². The van der Waals surface area contributed by atoms with Gasteiger partial charge in [-0.05, 0) is 49.9 Å². The maximum absolute atomic E-state index is 2.43. The van der Waals surface area contributed by atoms with Crippen LogP contribution < -0.4 is 0 Å². The topological polar surface area (TPSA) is 0 Å². The van der Waals surface area contributed by atoms with Gasteiger partial charge in [0.05, 0.1) is 0 Å². The predicted octanol–water partition coefficient (Wildman–Crippen LogP) is 6.15. The van der Waals surface area contributed by atoms with Crippen LogP contribution in [0.4, 0.5) is 0 Å². The number of rotatable bonds is 7. The smallest absolute Gasteiger partial charge is 0.00499 e. The first-order chi connectivity index (χ1) is 8.56. The Morgan fingerprint density at radius 2 is 1.50 bits per heavy atom. The highest BCUT2D eigenvalue weighted by Gasteiger charge is 2.26. The van der Waals surface area contributed by atoms with E-state index in [1.54, 1.807) is 0 Å². The SMILES string of the molecule is CCC(CC)C1CCC(SC(C)CC(C)C)CC1. The summed E-state index contributed by atoms with van der Waals surface area (Å²) < 4.78 is 0. The first kappa shape index (κ1) is 16.4. The zero-order valence-electron chi connectivity index (χ0n) is 13.2. The highest BCUT2D eigenvalue weighted by atomic mass is 32.2. The van der Waals surface area contributed by atoms with Crippen molar-refractivity contribution >= 4 is 11.8 Å². The molecule has 0 amide bonds. The van der Waals surface area contributed by atoms with Crippen LogP contribution in [0.5, 0.6) is 0 Å². The summed E-state index contributed by atoms with van der Waals surface area (Å²) in [5.74, 6) is 2.90. The van der Waals surface area contributed by atoms with Gasteiger partial charge in [-0.3, -0.25) is 0 Å². The number of hydrogen-bond acceptors (Lipinski definition) is 1. The fourth-order valence-corrected chi connectivity index (χ4v) is 5.40. The van der Waals surface area contributed by atoms with Crippen molar-refractivity contribution in [1.82, 2.24) is 0 Å². The van der Waals surface area contributed by atoms with Crippen LogP contribution in [-0.4, -0.2) is 10.5 Å². The Morgan fingerprint density at radius 1 is 0.944 bits per heavy atom. The van der Waals surface area contributed by atoms with Gasteiger partial charge in [-0.2, -0.15) is 11.8 Å². The van der Waals surface area contributed by atoms with Gasteiger partial charge in [-0.25, -0.2) is 0 Å². The van der Waals surface area contributed by atoms with Crippen molar-refractivity contribution in [2.45, 2.75) is 90.1 Å². The molecule has 0 nitrogen and oxygen atoms in total. The van der Waals surface area contributed by atoms with Gasteiger partial charge in [0.1, 0.15) is 0 Å². The molecule has 0 bridgehead atoms. The molecule has 0 radical (unpaired) electrons. The van der Waals surface area contributed by atoms with Crippen molar-refractivity contribution in [3.8, 4) is 0 Å². The maximum atomic E-state index is 2.43. The second kappa shape index (κ2) is 8.51. The van der Waals surface area contributed by atoms with Crippen LogP contribution in [0.25, 0.3) is 0 Å². The molecule has 18 heavy (non-hydrogen) atoms. The van der Waals surface area contributed by atoms with Crippen LogP contribution >= 0.6 is 11.8 Å². The van der Waals surface area contributed by atoms with Crippen LogP contribution in [0, 0.1) is 17.8 Å². The molecular formula is C17H34S. The molecular weight excluding hydrogens is 236 g/mol. The van der Waals surface area contributed by atoms with E-state index in [1.807, 2.05) is 0 Å². The minimum absolute atomic E-state index is 0.855. The van der Waals surface area contributed by atoms with Gasteiger partial charge >= 0.3 is 0 Å². The second-order valence-corrected chi connectivity index (χ2v) is 8.43. The minimum Gasteiger partial charge on any atom is -0.155 e. The van der Waals surface area contributed by atoms with Gasteiger partial charge in [-0.1, -0.05) is 47.5 Å². The third-order valence-corrected chi connectivity index (χ3v) is 6.18. The molecule has 1 fully saturated rings. The molecule has 1 unspecified atom stereocenters. The van der Waals surface area contributed by atoms with Gasteiger partial charge in [0.15, 0.2) is 0 Å². The Balaban J connectivity index is 2.26. The van der Waals surface area contributed by atoms with Crippen molar-refractivity contribution in [3.63, 3.8) is 0 Å². The molecule has 1 atom stereocenters. The first-order valence-electron chi connectivity index (χ1n) is 8.22. The zero-order valence-corrected chi connectivity index (χ0v) is 14.1. The van der Waals surface area contributed by atoms with Crippen molar-refractivity contribution in [2.24, 2.45) is 17.8 Å². The molecule has 0 spiro atoms. The molecule has 1 saturated carbocycles. The van der Waals surface area contributed by atoms with Gasteiger partial charge in [0, 0.05) is 10.5 Å². The average molecular weight is 271 g/mol. The van der Waals surface area contributed by atoms with Gasteiger partial charge in [0.2, 0.25) is 0 Å². The van der Waals surface area contributed by atoms with Gasteiger partial charge in [-0.15, -0.1) is 0 Å². The highest BCUT2D eigenvalue weighted by molar-refractivity contribution is 8.00. The predicted molar refractivity (Wildman–Crippen MR) is 86.3 cm³/mol. The Kier molecular flexibility index (Phi) is 7.75. The van der Waals surface area contributed by atoms with E-state index in [9.17, 15) is 0 Å². The summed E-state index contributed by atoms with van der Waals surface area (Å²) in [6.07, 6.45) is 10.1. The number of thioether (sulfide) groups is 1. The van der Waals surface area contributed by atoms with Crippen LogP contribution in [0.2, 0.25) is 0 Å². The molecule has 0 saturated heterocycles. The molecule has 1 heteroatoms. The summed E-state index contributed by atoms with van der Waals surface area (Å²) in [6, 6.07) is 0. The lowest BCUT2D eigenvalue weighted by Gasteiger charge is -2.34. The molecule has 0 aromatic heterocycles. The van der Waals surface area contributed by atoms with E-state index in [1.165, 1.54) is 44.9 Å². The normalized spacial score (nSPS) is 26.8. The van der Waals surface area contributed by atoms with E-state index in [0.717, 1.165) is 28.3 Å². The Labute approximate surface area is 120 Å². The summed E-state index contributed by atoms with van der Waals surface area (Å²) in [7, 11) is 0. The maximum Gasteiger partial charge on any atom is 0.00499 e.